The quantitative estimate of drug-likeness (QED) is 0.804. The first-order chi connectivity index (χ1) is 10.1. The van der Waals surface area contributed by atoms with Gasteiger partial charge in [-0.25, -0.2) is 0 Å². The smallest absolute Gasteiger partial charge is 0.308 e. The lowest BCUT2D eigenvalue weighted by Crippen LogP contribution is -2.29. The van der Waals surface area contributed by atoms with E-state index >= 15 is 0 Å². The number of hydrogen-bond donors (Lipinski definition) is 1. The van der Waals surface area contributed by atoms with Crippen molar-refractivity contribution in [2.75, 3.05) is 33.4 Å². The van der Waals surface area contributed by atoms with E-state index in [1.807, 2.05) is 0 Å². The van der Waals surface area contributed by atoms with Crippen LogP contribution in [-0.2, 0) is 9.53 Å². The van der Waals surface area contributed by atoms with Gasteiger partial charge < -0.3 is 19.5 Å². The third-order valence-electron chi connectivity index (χ3n) is 3.46. The predicted molar refractivity (Wildman–Crippen MR) is 82.7 cm³/mol. The molecule has 1 fully saturated rings. The molecule has 2 rings (SSSR count). The lowest BCUT2D eigenvalue weighted by atomic mass is 10.1. The summed E-state index contributed by atoms with van der Waals surface area (Å²) in [5.41, 5.74) is 0.510. The summed E-state index contributed by atoms with van der Waals surface area (Å²) in [6.45, 7) is 1.64. The first-order valence-corrected chi connectivity index (χ1v) is 6.85. The summed E-state index contributed by atoms with van der Waals surface area (Å²) in [5.74, 6) is -0.861. The normalized spacial score (nSPS) is 17.0. The second-order valence-corrected chi connectivity index (χ2v) is 4.94. The van der Waals surface area contributed by atoms with Crippen LogP contribution in [0.25, 0.3) is 0 Å². The van der Waals surface area contributed by atoms with Crippen molar-refractivity contribution < 1.29 is 24.2 Å². The number of carboxylic acids is 1. The number of benzene rings is 1. The van der Waals surface area contributed by atoms with Gasteiger partial charge in [0.1, 0.15) is 12.4 Å². The second-order valence-electron chi connectivity index (χ2n) is 4.94. The summed E-state index contributed by atoms with van der Waals surface area (Å²) in [5, 5.41) is 8.98. The zero-order valence-electron chi connectivity index (χ0n) is 12.4. The fourth-order valence-electron chi connectivity index (χ4n) is 2.29. The van der Waals surface area contributed by atoms with E-state index in [-0.39, 0.29) is 24.9 Å². The van der Waals surface area contributed by atoms with E-state index in [1.165, 1.54) is 0 Å². The van der Waals surface area contributed by atoms with Crippen LogP contribution < -0.4 is 4.74 Å². The summed E-state index contributed by atoms with van der Waals surface area (Å²) in [4.78, 5) is 24.9. The van der Waals surface area contributed by atoms with E-state index in [0.29, 0.717) is 37.5 Å². The lowest BCUT2D eigenvalue weighted by molar-refractivity contribution is -0.141. The minimum atomic E-state index is -0.845. The van der Waals surface area contributed by atoms with Gasteiger partial charge in [-0.3, -0.25) is 9.59 Å². The molecular weight excluding hydrogens is 310 g/mol. The van der Waals surface area contributed by atoms with Crippen LogP contribution in [0.2, 0.25) is 0 Å². The molecular formula is C15H20ClNO5. The highest BCUT2D eigenvalue weighted by molar-refractivity contribution is 5.95. The number of rotatable bonds is 6. The molecule has 0 spiro atoms. The first kappa shape index (κ1) is 18.3. The molecule has 1 N–H and O–H groups in total. The maximum atomic E-state index is 12.4. The fraction of sp³-hybridized carbons (Fsp3) is 0.467. The SMILES string of the molecule is COCCOc1cccc(C(=O)N2CCC(C(=O)O)C2)c1.Cl. The molecule has 1 aliphatic heterocycles. The van der Waals surface area contributed by atoms with Crippen molar-refractivity contribution in [1.29, 1.82) is 0 Å². The van der Waals surface area contributed by atoms with E-state index < -0.39 is 11.9 Å². The Morgan fingerprint density at radius 2 is 2.14 bits per heavy atom. The zero-order valence-corrected chi connectivity index (χ0v) is 13.2. The summed E-state index contributed by atoms with van der Waals surface area (Å²) in [6.07, 6.45) is 0.505. The number of aliphatic carboxylic acids is 1. The van der Waals surface area contributed by atoms with Crippen LogP contribution in [0.3, 0.4) is 0 Å². The van der Waals surface area contributed by atoms with Crippen LogP contribution in [0.15, 0.2) is 24.3 Å². The minimum Gasteiger partial charge on any atom is -0.491 e. The summed E-state index contributed by atoms with van der Waals surface area (Å²) in [7, 11) is 1.59. The van der Waals surface area contributed by atoms with Crippen LogP contribution in [0, 0.1) is 5.92 Å². The molecule has 1 aromatic carbocycles. The van der Waals surface area contributed by atoms with Gasteiger partial charge in [-0.05, 0) is 24.6 Å². The van der Waals surface area contributed by atoms with Crippen molar-refractivity contribution >= 4 is 24.3 Å². The third-order valence-corrected chi connectivity index (χ3v) is 3.46. The number of amides is 1. The summed E-state index contributed by atoms with van der Waals surface area (Å²) < 4.78 is 10.4. The molecule has 1 heterocycles. The van der Waals surface area contributed by atoms with Crippen molar-refractivity contribution in [3.8, 4) is 5.75 Å². The molecule has 0 radical (unpaired) electrons. The maximum absolute atomic E-state index is 12.4. The van der Waals surface area contributed by atoms with Crippen molar-refractivity contribution in [3.05, 3.63) is 29.8 Å². The maximum Gasteiger partial charge on any atom is 0.308 e. The number of halogens is 1. The van der Waals surface area contributed by atoms with Gasteiger partial charge in [0.15, 0.2) is 0 Å². The Kier molecular flexibility index (Phi) is 7.14. The first-order valence-electron chi connectivity index (χ1n) is 6.85. The molecule has 0 saturated carbocycles. The van der Waals surface area contributed by atoms with Crippen LogP contribution in [0.4, 0.5) is 0 Å². The number of ether oxygens (including phenoxy) is 2. The van der Waals surface area contributed by atoms with Gasteiger partial charge in [-0.15, -0.1) is 12.4 Å². The molecule has 0 aromatic heterocycles. The van der Waals surface area contributed by atoms with Gasteiger partial charge in [-0.2, -0.15) is 0 Å². The summed E-state index contributed by atoms with van der Waals surface area (Å²) >= 11 is 0. The van der Waals surface area contributed by atoms with E-state index in [0.717, 1.165) is 0 Å². The minimum absolute atomic E-state index is 0. The molecule has 1 aromatic rings. The lowest BCUT2D eigenvalue weighted by Gasteiger charge is -2.16. The number of carboxylic acid groups (broad SMARTS) is 1. The highest BCUT2D eigenvalue weighted by atomic mass is 35.5. The largest absolute Gasteiger partial charge is 0.491 e. The second kappa shape index (κ2) is 8.60. The standard InChI is InChI=1S/C15H19NO5.ClH/c1-20-7-8-21-13-4-2-3-11(9-13)14(17)16-6-5-12(10-16)15(18)19;/h2-4,9,12H,5-8,10H2,1H3,(H,18,19);1H. The molecule has 6 nitrogen and oxygen atoms in total. The average Bonchev–Trinajstić information content (AvgIpc) is 2.97. The highest BCUT2D eigenvalue weighted by Gasteiger charge is 2.31. The highest BCUT2D eigenvalue weighted by Crippen LogP contribution is 2.21. The Morgan fingerprint density at radius 1 is 1.36 bits per heavy atom. The van der Waals surface area contributed by atoms with Gasteiger partial charge in [0.2, 0.25) is 0 Å². The number of nitrogens with zero attached hydrogens (tertiary/aromatic N) is 1. The van der Waals surface area contributed by atoms with Gasteiger partial charge in [0.25, 0.3) is 5.91 Å². The van der Waals surface area contributed by atoms with E-state index in [9.17, 15) is 9.59 Å². The van der Waals surface area contributed by atoms with Crippen molar-refractivity contribution in [2.45, 2.75) is 6.42 Å². The fourth-order valence-corrected chi connectivity index (χ4v) is 2.29. The van der Waals surface area contributed by atoms with Crippen LogP contribution >= 0.6 is 12.4 Å². The average molecular weight is 330 g/mol. The van der Waals surface area contributed by atoms with E-state index in [1.54, 1.807) is 36.3 Å². The molecule has 22 heavy (non-hydrogen) atoms. The molecule has 0 aliphatic carbocycles. The van der Waals surface area contributed by atoms with Crippen molar-refractivity contribution in [2.24, 2.45) is 5.92 Å². The number of methoxy groups -OCH3 is 1. The molecule has 1 saturated heterocycles. The zero-order chi connectivity index (χ0) is 15.2. The molecule has 0 bridgehead atoms. The molecule has 1 amide bonds. The van der Waals surface area contributed by atoms with Crippen LogP contribution in [0.5, 0.6) is 5.75 Å². The topological polar surface area (TPSA) is 76.1 Å². The van der Waals surface area contributed by atoms with Gasteiger partial charge in [-0.1, -0.05) is 6.07 Å². The molecule has 1 aliphatic rings. The Hall–Kier alpha value is -1.79. The molecule has 1 atom stereocenters. The monoisotopic (exact) mass is 329 g/mol. The number of hydrogen-bond acceptors (Lipinski definition) is 4. The van der Waals surface area contributed by atoms with E-state index in [2.05, 4.69) is 0 Å². The Balaban J connectivity index is 0.00000242. The Labute approximate surface area is 135 Å². The van der Waals surface area contributed by atoms with Crippen LogP contribution in [0.1, 0.15) is 16.8 Å². The molecule has 7 heteroatoms. The molecule has 122 valence electrons. The number of carbonyl (C=O) groups is 2. The van der Waals surface area contributed by atoms with Gasteiger partial charge >= 0.3 is 5.97 Å². The third kappa shape index (κ3) is 4.61. The predicted octanol–water partition coefficient (Wildman–Crippen LogP) is 1.68. The number of likely N-dealkylation sites (tertiary alicyclic amines) is 1. The van der Waals surface area contributed by atoms with Crippen molar-refractivity contribution in [1.82, 2.24) is 4.90 Å². The number of carbonyl (C=O) groups excluding carboxylic acids is 1. The summed E-state index contributed by atoms with van der Waals surface area (Å²) in [6, 6.07) is 6.91. The van der Waals surface area contributed by atoms with Gasteiger partial charge in [0, 0.05) is 25.8 Å². The Bertz CT molecular complexity index is 522. The Morgan fingerprint density at radius 3 is 2.77 bits per heavy atom. The van der Waals surface area contributed by atoms with Gasteiger partial charge in [0.05, 0.1) is 12.5 Å². The van der Waals surface area contributed by atoms with Crippen LogP contribution in [-0.4, -0.2) is 55.3 Å². The van der Waals surface area contributed by atoms with E-state index in [4.69, 9.17) is 14.6 Å². The van der Waals surface area contributed by atoms with Crippen molar-refractivity contribution in [3.63, 3.8) is 0 Å². The molecule has 1 unspecified atom stereocenters.